The van der Waals surface area contributed by atoms with Crippen molar-refractivity contribution in [3.05, 3.63) is 29.3 Å². The minimum atomic E-state index is 0.0338. The summed E-state index contributed by atoms with van der Waals surface area (Å²) in [4.78, 5) is 4.95. The first-order chi connectivity index (χ1) is 10.2. The van der Waals surface area contributed by atoms with Crippen LogP contribution in [0.1, 0.15) is 13.3 Å². The number of halogens is 1. The maximum absolute atomic E-state index is 6.10. The first-order valence-electron chi connectivity index (χ1n) is 7.73. The fourth-order valence-electron chi connectivity index (χ4n) is 3.65. The second-order valence-corrected chi connectivity index (χ2v) is 6.46. The molecule has 2 saturated heterocycles. The Morgan fingerprint density at radius 3 is 2.43 bits per heavy atom. The van der Waals surface area contributed by atoms with Crippen LogP contribution in [0.3, 0.4) is 0 Å². The van der Waals surface area contributed by atoms with E-state index in [1.54, 1.807) is 0 Å². The van der Waals surface area contributed by atoms with Gasteiger partial charge in [0.2, 0.25) is 0 Å². The van der Waals surface area contributed by atoms with Crippen molar-refractivity contribution in [2.75, 3.05) is 44.2 Å². The van der Waals surface area contributed by atoms with Gasteiger partial charge in [-0.05, 0) is 37.6 Å². The molecular weight excluding hydrogens is 286 g/mol. The average Bonchev–Trinajstić information content (AvgIpc) is 2.90. The topological polar surface area (TPSA) is 41.7 Å². The van der Waals surface area contributed by atoms with Crippen molar-refractivity contribution in [2.45, 2.75) is 25.0 Å². The van der Waals surface area contributed by atoms with Crippen molar-refractivity contribution in [3.8, 4) is 0 Å². The number of ether oxygens (including phenoxy) is 1. The van der Waals surface area contributed by atoms with Gasteiger partial charge in [0.05, 0.1) is 11.6 Å². The monoisotopic (exact) mass is 309 g/mol. The van der Waals surface area contributed by atoms with Gasteiger partial charge in [-0.3, -0.25) is 4.90 Å². The Hall–Kier alpha value is -0.810. The van der Waals surface area contributed by atoms with Gasteiger partial charge in [-0.1, -0.05) is 11.6 Å². The minimum Gasteiger partial charge on any atom is -0.376 e. The highest BCUT2D eigenvalue weighted by Crippen LogP contribution is 2.32. The van der Waals surface area contributed by atoms with Gasteiger partial charge in [-0.15, -0.1) is 0 Å². The zero-order chi connectivity index (χ0) is 14.9. The third kappa shape index (κ3) is 2.78. The minimum absolute atomic E-state index is 0.0338. The summed E-state index contributed by atoms with van der Waals surface area (Å²) in [5.74, 6) is 0. The summed E-state index contributed by atoms with van der Waals surface area (Å²) in [6, 6.07) is 8.10. The Labute approximate surface area is 131 Å². The third-order valence-corrected chi connectivity index (χ3v) is 5.37. The number of hydrogen-bond acceptors (Lipinski definition) is 4. The van der Waals surface area contributed by atoms with E-state index in [1.165, 1.54) is 5.69 Å². The van der Waals surface area contributed by atoms with Crippen LogP contribution in [0, 0.1) is 0 Å². The molecule has 0 spiro atoms. The Bertz CT molecular complexity index is 473. The molecule has 3 rings (SSSR count). The van der Waals surface area contributed by atoms with E-state index >= 15 is 0 Å². The van der Waals surface area contributed by atoms with Crippen LogP contribution in [0.15, 0.2) is 24.3 Å². The molecule has 2 heterocycles. The van der Waals surface area contributed by atoms with E-state index in [1.807, 2.05) is 12.1 Å². The van der Waals surface area contributed by atoms with E-state index in [9.17, 15) is 0 Å². The van der Waals surface area contributed by atoms with E-state index in [0.29, 0.717) is 6.54 Å². The normalized spacial score (nSPS) is 30.8. The number of nitrogens with zero attached hydrogens (tertiary/aromatic N) is 2. The smallest absolute Gasteiger partial charge is 0.0743 e. The molecule has 4 nitrogen and oxygen atoms in total. The quantitative estimate of drug-likeness (QED) is 0.927. The molecule has 0 aromatic heterocycles. The van der Waals surface area contributed by atoms with Crippen LogP contribution in [0.25, 0.3) is 0 Å². The molecule has 2 atom stereocenters. The molecule has 2 N–H and O–H groups in total. The van der Waals surface area contributed by atoms with Gasteiger partial charge in [-0.2, -0.15) is 0 Å². The van der Waals surface area contributed by atoms with Crippen molar-refractivity contribution in [2.24, 2.45) is 5.73 Å². The lowest BCUT2D eigenvalue weighted by Gasteiger charge is -2.47. The number of nitrogens with two attached hydrogens (primary N) is 1. The van der Waals surface area contributed by atoms with Crippen molar-refractivity contribution in [1.29, 1.82) is 0 Å². The fraction of sp³-hybridized carbons (Fsp3) is 0.625. The fourth-order valence-corrected chi connectivity index (χ4v) is 3.77. The highest BCUT2D eigenvalue weighted by molar-refractivity contribution is 6.30. The number of anilines is 1. The Kier molecular flexibility index (Phi) is 4.41. The van der Waals surface area contributed by atoms with E-state index < -0.39 is 0 Å². The molecule has 0 saturated carbocycles. The summed E-state index contributed by atoms with van der Waals surface area (Å²) in [6.45, 7) is 7.78. The molecule has 5 heteroatoms. The van der Waals surface area contributed by atoms with Gasteiger partial charge in [0.15, 0.2) is 0 Å². The Balaban J connectivity index is 1.66. The van der Waals surface area contributed by atoms with E-state index in [2.05, 4.69) is 28.9 Å². The predicted molar refractivity (Wildman–Crippen MR) is 87.1 cm³/mol. The van der Waals surface area contributed by atoms with E-state index in [4.69, 9.17) is 22.1 Å². The Morgan fingerprint density at radius 2 is 1.90 bits per heavy atom. The summed E-state index contributed by atoms with van der Waals surface area (Å²) >= 11 is 5.96. The summed E-state index contributed by atoms with van der Waals surface area (Å²) in [5.41, 5.74) is 7.38. The van der Waals surface area contributed by atoms with Crippen LogP contribution in [-0.2, 0) is 4.74 Å². The molecule has 1 aromatic rings. The van der Waals surface area contributed by atoms with Gasteiger partial charge >= 0.3 is 0 Å². The van der Waals surface area contributed by atoms with E-state index in [0.717, 1.165) is 44.2 Å². The molecular formula is C16H24ClN3O. The second kappa shape index (κ2) is 6.13. The number of benzene rings is 1. The highest BCUT2D eigenvalue weighted by Gasteiger charge is 2.45. The number of piperazine rings is 1. The first kappa shape index (κ1) is 15.1. The van der Waals surface area contributed by atoms with Crippen molar-refractivity contribution < 1.29 is 4.74 Å². The van der Waals surface area contributed by atoms with Gasteiger partial charge in [-0.25, -0.2) is 0 Å². The lowest BCUT2D eigenvalue weighted by Crippen LogP contribution is -2.63. The number of rotatable bonds is 3. The standard InChI is InChI=1S/C16H24ClN3O/c1-13-16(12-18,6-11-21-13)20-9-7-19(8-10-20)15-4-2-14(17)3-5-15/h2-5,13H,6-12,18H2,1H3. The van der Waals surface area contributed by atoms with Crippen LogP contribution in [-0.4, -0.2) is 55.9 Å². The lowest BCUT2D eigenvalue weighted by atomic mass is 9.89. The average molecular weight is 310 g/mol. The van der Waals surface area contributed by atoms with Crippen LogP contribution < -0.4 is 10.6 Å². The molecule has 0 bridgehead atoms. The van der Waals surface area contributed by atoms with Crippen LogP contribution >= 0.6 is 11.6 Å². The van der Waals surface area contributed by atoms with Crippen molar-refractivity contribution in [1.82, 2.24) is 4.90 Å². The van der Waals surface area contributed by atoms with Crippen molar-refractivity contribution >= 4 is 17.3 Å². The molecule has 0 aliphatic carbocycles. The van der Waals surface area contributed by atoms with Crippen LogP contribution in [0.5, 0.6) is 0 Å². The van der Waals surface area contributed by atoms with Crippen LogP contribution in [0.2, 0.25) is 5.02 Å². The molecule has 0 radical (unpaired) electrons. The SMILES string of the molecule is CC1OCCC1(CN)N1CCN(c2ccc(Cl)cc2)CC1. The summed E-state index contributed by atoms with van der Waals surface area (Å²) in [5, 5.41) is 0.788. The van der Waals surface area contributed by atoms with Gasteiger partial charge < -0.3 is 15.4 Å². The van der Waals surface area contributed by atoms with Gasteiger partial charge in [0.25, 0.3) is 0 Å². The maximum atomic E-state index is 6.10. The molecule has 0 amide bonds. The molecule has 21 heavy (non-hydrogen) atoms. The van der Waals surface area contributed by atoms with E-state index in [-0.39, 0.29) is 11.6 Å². The third-order valence-electron chi connectivity index (χ3n) is 5.11. The van der Waals surface area contributed by atoms with Crippen LogP contribution in [0.4, 0.5) is 5.69 Å². The predicted octanol–water partition coefficient (Wildman–Crippen LogP) is 1.97. The van der Waals surface area contributed by atoms with Gasteiger partial charge in [0.1, 0.15) is 0 Å². The maximum Gasteiger partial charge on any atom is 0.0743 e. The molecule has 1 aromatic carbocycles. The number of hydrogen-bond donors (Lipinski definition) is 1. The van der Waals surface area contributed by atoms with Crippen molar-refractivity contribution in [3.63, 3.8) is 0 Å². The lowest BCUT2D eigenvalue weighted by molar-refractivity contribution is 0.0114. The molecule has 2 aliphatic heterocycles. The first-order valence-corrected chi connectivity index (χ1v) is 8.11. The zero-order valence-corrected chi connectivity index (χ0v) is 13.4. The molecule has 2 aliphatic rings. The summed E-state index contributed by atoms with van der Waals surface area (Å²) < 4.78 is 5.79. The second-order valence-electron chi connectivity index (χ2n) is 6.02. The largest absolute Gasteiger partial charge is 0.376 e. The molecule has 2 unspecified atom stereocenters. The Morgan fingerprint density at radius 1 is 1.24 bits per heavy atom. The molecule has 116 valence electrons. The highest BCUT2D eigenvalue weighted by atomic mass is 35.5. The van der Waals surface area contributed by atoms with Gasteiger partial charge in [0, 0.05) is 50.0 Å². The zero-order valence-electron chi connectivity index (χ0n) is 12.6. The molecule has 2 fully saturated rings. The summed E-state index contributed by atoms with van der Waals surface area (Å²) in [6.07, 6.45) is 1.27. The summed E-state index contributed by atoms with van der Waals surface area (Å²) in [7, 11) is 0.